The third-order valence-corrected chi connectivity index (χ3v) is 4.24. The van der Waals surface area contributed by atoms with E-state index < -0.39 is 11.7 Å². The van der Waals surface area contributed by atoms with Crippen LogP contribution in [0.25, 0.3) is 0 Å². The van der Waals surface area contributed by atoms with Gasteiger partial charge in [-0.15, -0.1) is 0 Å². The van der Waals surface area contributed by atoms with Gasteiger partial charge in [0.15, 0.2) is 6.10 Å². The van der Waals surface area contributed by atoms with Crippen LogP contribution in [0.5, 0.6) is 5.75 Å². The second-order valence-electron chi connectivity index (χ2n) is 5.71. The number of carbonyl (C=O) groups is 1. The van der Waals surface area contributed by atoms with Crippen molar-refractivity contribution < 1.29 is 14.3 Å². The van der Waals surface area contributed by atoms with E-state index in [0.29, 0.717) is 12.3 Å². The first-order chi connectivity index (χ1) is 11.6. The number of hydrogen-bond acceptors (Lipinski definition) is 3. The van der Waals surface area contributed by atoms with E-state index in [1.807, 2.05) is 67.6 Å². The number of nitrogens with one attached hydrogen (secondary N) is 1. The maximum Gasteiger partial charge on any atom is 0.260 e. The lowest BCUT2D eigenvalue weighted by Gasteiger charge is -2.32. The molecule has 0 spiro atoms. The zero-order chi connectivity index (χ0) is 17.4. The standard InChI is InChI=1S/C20H25NO3/c1-4-20(23-3,17-11-7-5-8-12-17)15-21-19(22)16(2)24-18-13-9-6-10-14-18/h5-14,16H,4,15H2,1-3H3,(H,21,22). The number of ether oxygens (including phenoxy) is 2. The normalized spacial score (nSPS) is 14.5. The monoisotopic (exact) mass is 327 g/mol. The summed E-state index contributed by atoms with van der Waals surface area (Å²) in [5.41, 5.74) is 0.510. The summed E-state index contributed by atoms with van der Waals surface area (Å²) in [7, 11) is 1.67. The molecular formula is C20H25NO3. The van der Waals surface area contributed by atoms with Crippen LogP contribution in [0, 0.1) is 0 Å². The predicted molar refractivity (Wildman–Crippen MR) is 95.0 cm³/mol. The lowest BCUT2D eigenvalue weighted by atomic mass is 9.90. The van der Waals surface area contributed by atoms with Gasteiger partial charge in [0, 0.05) is 7.11 Å². The number of hydrogen-bond donors (Lipinski definition) is 1. The van der Waals surface area contributed by atoms with Crippen LogP contribution in [0.3, 0.4) is 0 Å². The maximum absolute atomic E-state index is 12.4. The molecule has 0 heterocycles. The fraction of sp³-hybridized carbons (Fsp3) is 0.350. The highest BCUT2D eigenvalue weighted by Gasteiger charge is 2.31. The van der Waals surface area contributed by atoms with Gasteiger partial charge in [-0.2, -0.15) is 0 Å². The molecule has 0 aliphatic rings. The zero-order valence-corrected chi connectivity index (χ0v) is 14.5. The third-order valence-electron chi connectivity index (χ3n) is 4.24. The average Bonchev–Trinajstić information content (AvgIpc) is 2.64. The molecule has 0 saturated carbocycles. The smallest absolute Gasteiger partial charge is 0.260 e. The Kier molecular flexibility index (Phi) is 6.38. The van der Waals surface area contributed by atoms with Gasteiger partial charge in [-0.3, -0.25) is 4.79 Å². The van der Waals surface area contributed by atoms with E-state index in [2.05, 4.69) is 5.32 Å². The van der Waals surface area contributed by atoms with Gasteiger partial charge in [-0.25, -0.2) is 0 Å². The Morgan fingerprint density at radius 2 is 1.67 bits per heavy atom. The molecule has 1 amide bonds. The van der Waals surface area contributed by atoms with E-state index in [4.69, 9.17) is 9.47 Å². The summed E-state index contributed by atoms with van der Waals surface area (Å²) < 4.78 is 11.4. The van der Waals surface area contributed by atoms with E-state index in [0.717, 1.165) is 12.0 Å². The van der Waals surface area contributed by atoms with Gasteiger partial charge in [0.1, 0.15) is 11.4 Å². The van der Waals surface area contributed by atoms with Gasteiger partial charge in [0.05, 0.1) is 6.54 Å². The molecule has 2 atom stereocenters. The number of rotatable bonds is 8. The SMILES string of the molecule is CCC(CNC(=O)C(C)Oc1ccccc1)(OC)c1ccccc1. The molecule has 2 rings (SSSR count). The first-order valence-corrected chi connectivity index (χ1v) is 8.21. The van der Waals surface area contributed by atoms with Crippen LogP contribution in [0.15, 0.2) is 60.7 Å². The lowest BCUT2D eigenvalue weighted by Crippen LogP contribution is -2.45. The van der Waals surface area contributed by atoms with Crippen molar-refractivity contribution in [3.63, 3.8) is 0 Å². The van der Waals surface area contributed by atoms with E-state index in [9.17, 15) is 4.79 Å². The Bertz CT molecular complexity index is 624. The summed E-state index contributed by atoms with van der Waals surface area (Å²) in [4.78, 5) is 12.4. The minimum absolute atomic E-state index is 0.162. The molecule has 2 unspecified atom stereocenters. The Balaban J connectivity index is 2.00. The van der Waals surface area contributed by atoms with Gasteiger partial charge < -0.3 is 14.8 Å². The number of carbonyl (C=O) groups excluding carboxylic acids is 1. The molecule has 1 N–H and O–H groups in total. The molecule has 0 radical (unpaired) electrons. The summed E-state index contributed by atoms with van der Waals surface area (Å²) in [6.45, 7) is 4.18. The van der Waals surface area contributed by atoms with Crippen molar-refractivity contribution in [2.24, 2.45) is 0 Å². The van der Waals surface area contributed by atoms with Crippen molar-refractivity contribution in [1.29, 1.82) is 0 Å². The summed E-state index contributed by atoms with van der Waals surface area (Å²) >= 11 is 0. The molecule has 2 aromatic carbocycles. The van der Waals surface area contributed by atoms with Crippen molar-refractivity contribution in [3.05, 3.63) is 66.2 Å². The number of benzene rings is 2. The molecule has 0 aliphatic carbocycles. The zero-order valence-electron chi connectivity index (χ0n) is 14.5. The highest BCUT2D eigenvalue weighted by molar-refractivity contribution is 5.80. The first-order valence-electron chi connectivity index (χ1n) is 8.21. The van der Waals surface area contributed by atoms with E-state index in [1.165, 1.54) is 0 Å². The Morgan fingerprint density at radius 1 is 1.08 bits per heavy atom. The fourth-order valence-electron chi connectivity index (χ4n) is 2.64. The lowest BCUT2D eigenvalue weighted by molar-refractivity contribution is -0.129. The molecule has 4 heteroatoms. The first kappa shape index (κ1) is 18.0. The van der Waals surface area contributed by atoms with E-state index >= 15 is 0 Å². The van der Waals surface area contributed by atoms with Crippen LogP contribution in [0.4, 0.5) is 0 Å². The fourth-order valence-corrected chi connectivity index (χ4v) is 2.64. The van der Waals surface area contributed by atoms with Crippen LogP contribution in [-0.4, -0.2) is 25.7 Å². The summed E-state index contributed by atoms with van der Waals surface area (Å²) in [5.74, 6) is 0.515. The molecule has 0 saturated heterocycles. The Hall–Kier alpha value is -2.33. The van der Waals surface area contributed by atoms with Crippen LogP contribution in [-0.2, 0) is 15.1 Å². The topological polar surface area (TPSA) is 47.6 Å². The summed E-state index contributed by atoms with van der Waals surface area (Å²) in [5, 5.41) is 2.95. The van der Waals surface area contributed by atoms with Crippen molar-refractivity contribution in [3.8, 4) is 5.75 Å². The molecule has 0 fully saturated rings. The van der Waals surface area contributed by atoms with E-state index in [-0.39, 0.29) is 5.91 Å². The molecule has 4 nitrogen and oxygen atoms in total. The second-order valence-corrected chi connectivity index (χ2v) is 5.71. The van der Waals surface area contributed by atoms with Crippen LogP contribution >= 0.6 is 0 Å². The van der Waals surface area contributed by atoms with Gasteiger partial charge in [-0.1, -0.05) is 55.5 Å². The highest BCUT2D eigenvalue weighted by Crippen LogP contribution is 2.28. The number of methoxy groups -OCH3 is 1. The summed E-state index contributed by atoms with van der Waals surface area (Å²) in [6, 6.07) is 19.3. The van der Waals surface area contributed by atoms with Crippen molar-refractivity contribution >= 4 is 5.91 Å². The number of amides is 1. The van der Waals surface area contributed by atoms with Crippen LogP contribution < -0.4 is 10.1 Å². The molecule has 0 aliphatic heterocycles. The number of para-hydroxylation sites is 1. The van der Waals surface area contributed by atoms with Gasteiger partial charge in [-0.05, 0) is 31.0 Å². The minimum atomic E-state index is -0.574. The molecule has 24 heavy (non-hydrogen) atoms. The van der Waals surface area contributed by atoms with Crippen LogP contribution in [0.1, 0.15) is 25.8 Å². The van der Waals surface area contributed by atoms with Crippen molar-refractivity contribution in [2.45, 2.75) is 32.0 Å². The predicted octanol–water partition coefficient (Wildman–Crippen LogP) is 3.52. The van der Waals surface area contributed by atoms with Crippen LogP contribution in [0.2, 0.25) is 0 Å². The third kappa shape index (κ3) is 4.36. The largest absolute Gasteiger partial charge is 0.481 e. The average molecular weight is 327 g/mol. The molecule has 0 bridgehead atoms. The Morgan fingerprint density at radius 3 is 2.21 bits per heavy atom. The molecule has 128 valence electrons. The van der Waals surface area contributed by atoms with Crippen molar-refractivity contribution in [2.75, 3.05) is 13.7 Å². The van der Waals surface area contributed by atoms with Gasteiger partial charge in [0.2, 0.25) is 0 Å². The molecular weight excluding hydrogens is 302 g/mol. The maximum atomic E-state index is 12.4. The summed E-state index contributed by atoms with van der Waals surface area (Å²) in [6.07, 6.45) is 0.177. The van der Waals surface area contributed by atoms with Gasteiger partial charge >= 0.3 is 0 Å². The molecule has 0 aromatic heterocycles. The quantitative estimate of drug-likeness (QED) is 0.807. The second kappa shape index (κ2) is 8.50. The van der Waals surface area contributed by atoms with E-state index in [1.54, 1.807) is 14.0 Å². The minimum Gasteiger partial charge on any atom is -0.481 e. The Labute approximate surface area is 143 Å². The van der Waals surface area contributed by atoms with Gasteiger partial charge in [0.25, 0.3) is 5.91 Å². The van der Waals surface area contributed by atoms with Crippen molar-refractivity contribution in [1.82, 2.24) is 5.32 Å². The highest BCUT2D eigenvalue weighted by atomic mass is 16.5. The molecule has 2 aromatic rings.